The van der Waals surface area contributed by atoms with Gasteiger partial charge < -0.3 is 9.84 Å². The van der Waals surface area contributed by atoms with Gasteiger partial charge in [0.05, 0.1) is 13.2 Å². The molecular formula is C12H17ClO2. The van der Waals surface area contributed by atoms with Gasteiger partial charge >= 0.3 is 0 Å². The molecule has 84 valence electrons. The number of rotatable bonds is 4. The van der Waals surface area contributed by atoms with Gasteiger partial charge in [-0.15, -0.1) is 0 Å². The number of halogens is 1. The Morgan fingerprint density at radius 3 is 2.60 bits per heavy atom. The third-order valence-corrected chi connectivity index (χ3v) is 2.66. The number of hydrogen-bond donors (Lipinski definition) is 1. The van der Waals surface area contributed by atoms with E-state index in [1.807, 2.05) is 19.1 Å². The van der Waals surface area contributed by atoms with Gasteiger partial charge in [-0.05, 0) is 37.5 Å². The Balaban J connectivity index is 3.08. The fraction of sp³-hybridized carbons (Fsp3) is 0.500. The molecule has 0 saturated heterocycles. The highest BCUT2D eigenvalue weighted by atomic mass is 35.5. The molecule has 3 heteroatoms. The second kappa shape index (κ2) is 5.38. The molecule has 1 atom stereocenters. The third kappa shape index (κ3) is 3.11. The fourth-order valence-electron chi connectivity index (χ4n) is 1.65. The van der Waals surface area contributed by atoms with Crippen molar-refractivity contribution < 1.29 is 9.84 Å². The number of hydrogen-bond acceptors (Lipinski definition) is 2. The maximum Gasteiger partial charge on any atom is 0.123 e. The molecule has 0 amide bonds. The molecule has 0 aliphatic heterocycles. The van der Waals surface area contributed by atoms with E-state index in [9.17, 15) is 5.11 Å². The third-order valence-electron chi connectivity index (χ3n) is 2.32. The minimum atomic E-state index is -0.363. The molecule has 15 heavy (non-hydrogen) atoms. The maximum absolute atomic E-state index is 9.30. The fourth-order valence-corrected chi connectivity index (χ4v) is 2.02. The zero-order chi connectivity index (χ0) is 11.4. The quantitative estimate of drug-likeness (QED) is 0.859. The van der Waals surface area contributed by atoms with Crippen molar-refractivity contribution >= 4 is 11.6 Å². The van der Waals surface area contributed by atoms with Gasteiger partial charge in [-0.3, -0.25) is 0 Å². The number of ether oxygens (including phenoxy) is 1. The van der Waals surface area contributed by atoms with E-state index in [2.05, 4.69) is 0 Å². The molecule has 0 radical (unpaired) electrons. The Hall–Kier alpha value is -0.730. The van der Waals surface area contributed by atoms with Crippen LogP contribution in [0, 0.1) is 0 Å². The average Bonchev–Trinajstić information content (AvgIpc) is 2.15. The van der Waals surface area contributed by atoms with E-state index in [0.29, 0.717) is 11.4 Å². The van der Waals surface area contributed by atoms with Crippen LogP contribution in [0.3, 0.4) is 0 Å². The SMILES string of the molecule is CCc1c(Cl)cc(CC(C)O)cc1OC. The average molecular weight is 229 g/mol. The van der Waals surface area contributed by atoms with Gasteiger partial charge in [0, 0.05) is 10.6 Å². The molecule has 1 unspecified atom stereocenters. The molecule has 0 spiro atoms. The van der Waals surface area contributed by atoms with Crippen LogP contribution in [0.15, 0.2) is 12.1 Å². The molecule has 0 heterocycles. The van der Waals surface area contributed by atoms with E-state index in [-0.39, 0.29) is 6.10 Å². The first-order valence-corrected chi connectivity index (χ1v) is 5.49. The van der Waals surface area contributed by atoms with Gasteiger partial charge in [-0.25, -0.2) is 0 Å². The van der Waals surface area contributed by atoms with Crippen LogP contribution in [0.25, 0.3) is 0 Å². The molecule has 0 bridgehead atoms. The van der Waals surface area contributed by atoms with E-state index < -0.39 is 0 Å². The van der Waals surface area contributed by atoms with Crippen LogP contribution in [0.2, 0.25) is 5.02 Å². The van der Waals surface area contributed by atoms with Gasteiger partial charge in [0.15, 0.2) is 0 Å². The van der Waals surface area contributed by atoms with Crippen LogP contribution in [-0.2, 0) is 12.8 Å². The standard InChI is InChI=1S/C12H17ClO2/c1-4-10-11(13)6-9(5-8(2)14)7-12(10)15-3/h6-8,14H,4-5H2,1-3H3. The minimum Gasteiger partial charge on any atom is -0.496 e. The Kier molecular flexibility index (Phi) is 4.43. The Morgan fingerprint density at radius 2 is 2.13 bits per heavy atom. The summed E-state index contributed by atoms with van der Waals surface area (Å²) in [5, 5.41) is 10.0. The lowest BCUT2D eigenvalue weighted by Crippen LogP contribution is -2.05. The van der Waals surface area contributed by atoms with E-state index in [1.165, 1.54) is 0 Å². The predicted octanol–water partition coefficient (Wildman–Crippen LogP) is 2.83. The highest BCUT2D eigenvalue weighted by Gasteiger charge is 2.09. The van der Waals surface area contributed by atoms with Crippen LogP contribution in [-0.4, -0.2) is 18.3 Å². The van der Waals surface area contributed by atoms with Crippen LogP contribution >= 0.6 is 11.6 Å². The van der Waals surface area contributed by atoms with Crippen molar-refractivity contribution in [2.24, 2.45) is 0 Å². The van der Waals surface area contributed by atoms with Crippen molar-refractivity contribution in [1.82, 2.24) is 0 Å². The molecule has 0 saturated carbocycles. The molecule has 0 aliphatic rings. The Labute approximate surface area is 95.8 Å². The van der Waals surface area contributed by atoms with Crippen molar-refractivity contribution in [3.63, 3.8) is 0 Å². The van der Waals surface area contributed by atoms with Crippen LogP contribution in [0.1, 0.15) is 25.0 Å². The van der Waals surface area contributed by atoms with Crippen LogP contribution in [0.4, 0.5) is 0 Å². The summed E-state index contributed by atoms with van der Waals surface area (Å²) in [6.45, 7) is 3.80. The molecule has 1 N–H and O–H groups in total. The Bertz CT molecular complexity index is 335. The van der Waals surface area contributed by atoms with Crippen molar-refractivity contribution in [3.8, 4) is 5.75 Å². The smallest absolute Gasteiger partial charge is 0.123 e. The molecule has 0 fully saturated rings. The van der Waals surface area contributed by atoms with Crippen molar-refractivity contribution in [1.29, 1.82) is 0 Å². The zero-order valence-electron chi connectivity index (χ0n) is 9.38. The number of methoxy groups -OCH3 is 1. The topological polar surface area (TPSA) is 29.5 Å². The molecule has 0 aromatic heterocycles. The van der Waals surface area contributed by atoms with Crippen molar-refractivity contribution in [2.75, 3.05) is 7.11 Å². The number of aliphatic hydroxyl groups is 1. The lowest BCUT2D eigenvalue weighted by atomic mass is 10.0. The zero-order valence-corrected chi connectivity index (χ0v) is 10.1. The molecule has 1 aromatic carbocycles. The summed E-state index contributed by atoms with van der Waals surface area (Å²) in [7, 11) is 1.64. The first-order valence-electron chi connectivity index (χ1n) is 5.11. The summed E-state index contributed by atoms with van der Waals surface area (Å²) < 4.78 is 5.27. The van der Waals surface area contributed by atoms with Gasteiger partial charge in [-0.2, -0.15) is 0 Å². The molecule has 1 aromatic rings. The summed E-state index contributed by atoms with van der Waals surface area (Å²) >= 11 is 6.14. The first kappa shape index (κ1) is 12.3. The lowest BCUT2D eigenvalue weighted by molar-refractivity contribution is 0.195. The van der Waals surface area contributed by atoms with Crippen LogP contribution < -0.4 is 4.74 Å². The minimum absolute atomic E-state index is 0.363. The molecule has 1 rings (SSSR count). The van der Waals surface area contributed by atoms with E-state index in [1.54, 1.807) is 14.0 Å². The molecular weight excluding hydrogens is 212 g/mol. The molecule has 0 aliphatic carbocycles. The largest absolute Gasteiger partial charge is 0.496 e. The van der Waals surface area contributed by atoms with Crippen LogP contribution in [0.5, 0.6) is 5.75 Å². The Morgan fingerprint density at radius 1 is 1.47 bits per heavy atom. The summed E-state index contributed by atoms with van der Waals surface area (Å²) in [4.78, 5) is 0. The highest BCUT2D eigenvalue weighted by Crippen LogP contribution is 2.29. The number of aliphatic hydroxyl groups excluding tert-OH is 1. The van der Waals surface area contributed by atoms with Crippen molar-refractivity contribution in [3.05, 3.63) is 28.3 Å². The van der Waals surface area contributed by atoms with E-state index >= 15 is 0 Å². The highest BCUT2D eigenvalue weighted by molar-refractivity contribution is 6.31. The van der Waals surface area contributed by atoms with Gasteiger partial charge in [0.1, 0.15) is 5.75 Å². The summed E-state index contributed by atoms with van der Waals surface area (Å²) in [6.07, 6.45) is 1.08. The normalized spacial score (nSPS) is 12.6. The second-order valence-corrected chi connectivity index (χ2v) is 4.07. The number of benzene rings is 1. The maximum atomic E-state index is 9.30. The summed E-state index contributed by atoms with van der Waals surface area (Å²) in [5.41, 5.74) is 2.03. The van der Waals surface area contributed by atoms with Gasteiger partial charge in [0.2, 0.25) is 0 Å². The van der Waals surface area contributed by atoms with Crippen molar-refractivity contribution in [2.45, 2.75) is 32.8 Å². The van der Waals surface area contributed by atoms with E-state index in [0.717, 1.165) is 23.3 Å². The van der Waals surface area contributed by atoms with E-state index in [4.69, 9.17) is 16.3 Å². The first-order chi connectivity index (χ1) is 7.08. The summed E-state index contributed by atoms with van der Waals surface area (Å²) in [6, 6.07) is 3.84. The second-order valence-electron chi connectivity index (χ2n) is 3.67. The van der Waals surface area contributed by atoms with Gasteiger partial charge in [0.25, 0.3) is 0 Å². The lowest BCUT2D eigenvalue weighted by Gasteiger charge is -2.12. The van der Waals surface area contributed by atoms with Gasteiger partial charge in [-0.1, -0.05) is 18.5 Å². The monoisotopic (exact) mass is 228 g/mol. The molecule has 2 nitrogen and oxygen atoms in total. The predicted molar refractivity (Wildman–Crippen MR) is 62.8 cm³/mol. The summed E-state index contributed by atoms with van der Waals surface area (Å²) in [5.74, 6) is 0.806.